The molecular weight excluding hydrogens is 324 g/mol. The SMILES string of the molecule is COc1ccc(C(=O)C=Cc2ccc(C#N)cc2)cc1CN1CCCC1. The largest absolute Gasteiger partial charge is 0.496 e. The molecule has 0 radical (unpaired) electrons. The van der Waals surface area contributed by atoms with Crippen LogP contribution in [0.25, 0.3) is 6.08 Å². The number of methoxy groups -OCH3 is 1. The summed E-state index contributed by atoms with van der Waals surface area (Å²) in [7, 11) is 1.66. The van der Waals surface area contributed by atoms with E-state index in [2.05, 4.69) is 11.0 Å². The molecule has 0 bridgehead atoms. The summed E-state index contributed by atoms with van der Waals surface area (Å²) >= 11 is 0. The highest BCUT2D eigenvalue weighted by Crippen LogP contribution is 2.24. The van der Waals surface area contributed by atoms with Crippen LogP contribution < -0.4 is 4.74 Å². The quantitative estimate of drug-likeness (QED) is 0.585. The fourth-order valence-electron chi connectivity index (χ4n) is 3.17. The number of benzene rings is 2. The molecule has 3 rings (SSSR count). The lowest BCUT2D eigenvalue weighted by Gasteiger charge is -2.17. The van der Waals surface area contributed by atoms with E-state index < -0.39 is 0 Å². The second kappa shape index (κ2) is 8.46. The van der Waals surface area contributed by atoms with Gasteiger partial charge in [0.15, 0.2) is 5.78 Å². The number of allylic oxidation sites excluding steroid dienone is 1. The summed E-state index contributed by atoms with van der Waals surface area (Å²) < 4.78 is 5.46. The zero-order valence-corrected chi connectivity index (χ0v) is 14.9. The van der Waals surface area contributed by atoms with Gasteiger partial charge in [-0.1, -0.05) is 18.2 Å². The number of ether oxygens (including phenoxy) is 1. The van der Waals surface area contributed by atoms with E-state index >= 15 is 0 Å². The van der Waals surface area contributed by atoms with Gasteiger partial charge in [0.25, 0.3) is 0 Å². The van der Waals surface area contributed by atoms with E-state index in [9.17, 15) is 4.79 Å². The van der Waals surface area contributed by atoms with Gasteiger partial charge in [-0.25, -0.2) is 0 Å². The van der Waals surface area contributed by atoms with Crippen LogP contribution in [-0.2, 0) is 6.54 Å². The molecule has 0 saturated carbocycles. The molecule has 0 aromatic heterocycles. The van der Waals surface area contributed by atoms with Crippen LogP contribution in [0.2, 0.25) is 0 Å². The number of carbonyl (C=O) groups is 1. The van der Waals surface area contributed by atoms with E-state index in [4.69, 9.17) is 10.00 Å². The Morgan fingerprint density at radius 2 is 1.92 bits per heavy atom. The number of hydrogen-bond acceptors (Lipinski definition) is 4. The zero-order chi connectivity index (χ0) is 18.4. The van der Waals surface area contributed by atoms with Crippen LogP contribution in [0.5, 0.6) is 5.75 Å². The molecule has 4 heteroatoms. The van der Waals surface area contributed by atoms with Gasteiger partial charge in [0.2, 0.25) is 0 Å². The second-order valence-corrected chi connectivity index (χ2v) is 6.44. The first-order valence-electron chi connectivity index (χ1n) is 8.81. The number of nitriles is 1. The molecule has 0 spiro atoms. The van der Waals surface area contributed by atoms with Crippen molar-refractivity contribution < 1.29 is 9.53 Å². The maximum Gasteiger partial charge on any atom is 0.185 e. The lowest BCUT2D eigenvalue weighted by atomic mass is 10.0. The Hall–Kier alpha value is -2.90. The summed E-state index contributed by atoms with van der Waals surface area (Å²) in [6, 6.07) is 14.8. The number of likely N-dealkylation sites (tertiary alicyclic amines) is 1. The van der Waals surface area contributed by atoms with E-state index in [0.717, 1.165) is 36.5 Å². The van der Waals surface area contributed by atoms with Crippen molar-refractivity contribution in [3.05, 3.63) is 70.8 Å². The number of nitrogens with zero attached hydrogens (tertiary/aromatic N) is 2. The van der Waals surface area contributed by atoms with Crippen molar-refractivity contribution in [3.63, 3.8) is 0 Å². The van der Waals surface area contributed by atoms with Gasteiger partial charge in [0, 0.05) is 17.7 Å². The summed E-state index contributed by atoms with van der Waals surface area (Å²) in [5, 5.41) is 8.83. The van der Waals surface area contributed by atoms with Gasteiger partial charge in [-0.3, -0.25) is 9.69 Å². The van der Waals surface area contributed by atoms with Crippen LogP contribution in [0.3, 0.4) is 0 Å². The van der Waals surface area contributed by atoms with Crippen LogP contribution in [0, 0.1) is 11.3 Å². The van der Waals surface area contributed by atoms with Gasteiger partial charge in [-0.05, 0) is 67.9 Å². The van der Waals surface area contributed by atoms with Gasteiger partial charge in [-0.2, -0.15) is 5.26 Å². The molecule has 132 valence electrons. The first kappa shape index (κ1) is 17.9. The Kier molecular flexibility index (Phi) is 5.83. The third kappa shape index (κ3) is 4.38. The molecule has 1 saturated heterocycles. The van der Waals surface area contributed by atoms with Gasteiger partial charge in [0.1, 0.15) is 5.75 Å². The molecule has 0 aliphatic carbocycles. The average molecular weight is 346 g/mol. The van der Waals surface area contributed by atoms with E-state index in [1.54, 1.807) is 37.5 Å². The molecule has 1 aliphatic heterocycles. The van der Waals surface area contributed by atoms with E-state index in [-0.39, 0.29) is 5.78 Å². The Bertz CT molecular complexity index is 841. The fourth-order valence-corrected chi connectivity index (χ4v) is 3.17. The highest BCUT2D eigenvalue weighted by Gasteiger charge is 2.15. The Morgan fingerprint density at radius 3 is 2.58 bits per heavy atom. The molecule has 2 aromatic rings. The third-order valence-electron chi connectivity index (χ3n) is 4.62. The molecule has 0 unspecified atom stereocenters. The second-order valence-electron chi connectivity index (χ2n) is 6.44. The van der Waals surface area contributed by atoms with Gasteiger partial charge < -0.3 is 4.74 Å². The van der Waals surface area contributed by atoms with Gasteiger partial charge in [-0.15, -0.1) is 0 Å². The van der Waals surface area contributed by atoms with E-state index in [0.29, 0.717) is 11.1 Å². The molecule has 0 N–H and O–H groups in total. The summed E-state index contributed by atoms with van der Waals surface area (Å²) in [5.41, 5.74) is 3.20. The standard InChI is InChI=1S/C22H22N2O2/c1-26-22-11-9-19(14-20(22)16-24-12-2-3-13-24)21(25)10-8-17-4-6-18(15-23)7-5-17/h4-11,14H,2-3,12-13,16H2,1H3. The summed E-state index contributed by atoms with van der Waals surface area (Å²) in [6.07, 6.45) is 5.80. The monoisotopic (exact) mass is 346 g/mol. The molecule has 0 amide bonds. The van der Waals surface area contributed by atoms with Crippen molar-refractivity contribution in [2.45, 2.75) is 19.4 Å². The predicted molar refractivity (Wildman–Crippen MR) is 102 cm³/mol. The first-order valence-corrected chi connectivity index (χ1v) is 8.81. The smallest absolute Gasteiger partial charge is 0.185 e. The number of rotatable bonds is 6. The Labute approximate surface area is 154 Å². The Morgan fingerprint density at radius 1 is 1.19 bits per heavy atom. The van der Waals surface area contributed by atoms with Crippen LogP contribution >= 0.6 is 0 Å². The first-order chi connectivity index (χ1) is 12.7. The number of carbonyl (C=O) groups excluding carboxylic acids is 1. The minimum absolute atomic E-state index is 0.0420. The maximum absolute atomic E-state index is 12.5. The van der Waals surface area contributed by atoms with Crippen LogP contribution in [0.4, 0.5) is 0 Å². The minimum Gasteiger partial charge on any atom is -0.496 e. The molecule has 1 aliphatic rings. The third-order valence-corrected chi connectivity index (χ3v) is 4.62. The van der Waals surface area contributed by atoms with Crippen molar-refractivity contribution in [3.8, 4) is 11.8 Å². The van der Waals surface area contributed by atoms with E-state index in [1.165, 1.54) is 12.8 Å². The van der Waals surface area contributed by atoms with Crippen molar-refractivity contribution in [1.29, 1.82) is 5.26 Å². The van der Waals surface area contributed by atoms with Crippen LogP contribution in [0.1, 0.15) is 39.9 Å². The topological polar surface area (TPSA) is 53.3 Å². The maximum atomic E-state index is 12.5. The lowest BCUT2D eigenvalue weighted by Crippen LogP contribution is -2.19. The molecule has 1 fully saturated rings. The zero-order valence-electron chi connectivity index (χ0n) is 14.9. The number of hydrogen-bond donors (Lipinski definition) is 0. The Balaban J connectivity index is 1.75. The number of ketones is 1. The van der Waals surface area contributed by atoms with Crippen LogP contribution in [0.15, 0.2) is 48.5 Å². The molecule has 2 aromatic carbocycles. The van der Waals surface area contributed by atoms with Gasteiger partial charge in [0.05, 0.1) is 18.7 Å². The van der Waals surface area contributed by atoms with Crippen molar-refractivity contribution >= 4 is 11.9 Å². The molecule has 1 heterocycles. The molecule has 4 nitrogen and oxygen atoms in total. The minimum atomic E-state index is -0.0420. The van der Waals surface area contributed by atoms with Crippen molar-refractivity contribution in [2.75, 3.05) is 20.2 Å². The summed E-state index contributed by atoms with van der Waals surface area (Å²) in [6.45, 7) is 3.00. The fraction of sp³-hybridized carbons (Fsp3) is 0.273. The van der Waals surface area contributed by atoms with Crippen LogP contribution in [-0.4, -0.2) is 30.9 Å². The molecule has 0 atom stereocenters. The highest BCUT2D eigenvalue weighted by atomic mass is 16.5. The summed E-state index contributed by atoms with van der Waals surface area (Å²) in [5.74, 6) is 0.782. The predicted octanol–water partition coefficient (Wildman–Crippen LogP) is 4.06. The molecule has 26 heavy (non-hydrogen) atoms. The molecular formula is C22H22N2O2. The van der Waals surface area contributed by atoms with Gasteiger partial charge >= 0.3 is 0 Å². The lowest BCUT2D eigenvalue weighted by molar-refractivity contribution is 0.104. The van der Waals surface area contributed by atoms with Crippen molar-refractivity contribution in [1.82, 2.24) is 4.90 Å². The normalized spacial score (nSPS) is 14.5. The average Bonchev–Trinajstić information content (AvgIpc) is 3.19. The summed E-state index contributed by atoms with van der Waals surface area (Å²) in [4.78, 5) is 14.9. The highest BCUT2D eigenvalue weighted by molar-refractivity contribution is 6.07. The van der Waals surface area contributed by atoms with E-state index in [1.807, 2.05) is 24.3 Å². The van der Waals surface area contributed by atoms with Crippen molar-refractivity contribution in [2.24, 2.45) is 0 Å².